The number of benzene rings is 1. The number of aliphatic hydroxyl groups is 1. The standard InChI is InChI=1S/C15H16ClN3O3/c16-14-9-13(19(21)22)4-5-15(14)18(7-2-8-20)11-12-3-1-6-17-10-12/h1,3-6,9-10,20H,2,7-8,11H2. The molecule has 0 fully saturated rings. The Morgan fingerprint density at radius 2 is 2.18 bits per heavy atom. The van der Waals surface area contributed by atoms with E-state index in [1.807, 2.05) is 17.0 Å². The summed E-state index contributed by atoms with van der Waals surface area (Å²) in [4.78, 5) is 16.4. The number of anilines is 1. The highest BCUT2D eigenvalue weighted by Crippen LogP contribution is 2.30. The molecule has 0 aliphatic heterocycles. The molecule has 22 heavy (non-hydrogen) atoms. The van der Waals surface area contributed by atoms with Crippen LogP contribution in [0.5, 0.6) is 0 Å². The first-order valence-corrected chi connectivity index (χ1v) is 7.18. The lowest BCUT2D eigenvalue weighted by atomic mass is 10.2. The van der Waals surface area contributed by atoms with Crippen LogP contribution >= 0.6 is 11.6 Å². The minimum Gasteiger partial charge on any atom is -0.396 e. The number of pyridine rings is 1. The van der Waals surface area contributed by atoms with E-state index in [0.717, 1.165) is 5.56 Å². The number of hydrogen-bond acceptors (Lipinski definition) is 5. The first-order valence-electron chi connectivity index (χ1n) is 6.80. The fraction of sp³-hybridized carbons (Fsp3) is 0.267. The van der Waals surface area contributed by atoms with E-state index in [2.05, 4.69) is 4.98 Å². The van der Waals surface area contributed by atoms with Crippen molar-refractivity contribution in [3.05, 3.63) is 63.4 Å². The lowest BCUT2D eigenvalue weighted by Gasteiger charge is -2.25. The van der Waals surface area contributed by atoms with E-state index in [9.17, 15) is 10.1 Å². The summed E-state index contributed by atoms with van der Waals surface area (Å²) in [7, 11) is 0. The highest BCUT2D eigenvalue weighted by molar-refractivity contribution is 6.33. The molecule has 0 spiro atoms. The van der Waals surface area contributed by atoms with Crippen molar-refractivity contribution in [2.75, 3.05) is 18.1 Å². The van der Waals surface area contributed by atoms with Gasteiger partial charge in [-0.1, -0.05) is 17.7 Å². The third-order valence-corrected chi connectivity index (χ3v) is 3.47. The molecule has 116 valence electrons. The first-order chi connectivity index (χ1) is 10.6. The zero-order valence-corrected chi connectivity index (χ0v) is 12.6. The second-order valence-corrected chi connectivity index (χ2v) is 5.16. The minimum atomic E-state index is -0.477. The maximum Gasteiger partial charge on any atom is 0.271 e. The first kappa shape index (κ1) is 16.2. The molecule has 1 aromatic heterocycles. The van der Waals surface area contributed by atoms with Crippen LogP contribution in [-0.4, -0.2) is 28.2 Å². The fourth-order valence-electron chi connectivity index (χ4n) is 2.12. The van der Waals surface area contributed by atoms with Gasteiger partial charge in [-0.25, -0.2) is 0 Å². The zero-order chi connectivity index (χ0) is 15.9. The Kier molecular flexibility index (Phi) is 5.68. The van der Waals surface area contributed by atoms with Gasteiger partial charge in [-0.2, -0.15) is 0 Å². The van der Waals surface area contributed by atoms with E-state index in [0.29, 0.717) is 30.2 Å². The van der Waals surface area contributed by atoms with Crippen molar-refractivity contribution in [1.29, 1.82) is 0 Å². The van der Waals surface area contributed by atoms with Crippen LogP contribution in [0, 0.1) is 10.1 Å². The highest BCUT2D eigenvalue weighted by Gasteiger charge is 2.15. The van der Waals surface area contributed by atoms with Crippen molar-refractivity contribution in [2.24, 2.45) is 0 Å². The number of aromatic nitrogens is 1. The molecule has 7 heteroatoms. The van der Waals surface area contributed by atoms with Gasteiger partial charge in [-0.3, -0.25) is 15.1 Å². The smallest absolute Gasteiger partial charge is 0.271 e. The minimum absolute atomic E-state index is 0.0442. The van der Waals surface area contributed by atoms with Gasteiger partial charge in [0, 0.05) is 44.2 Å². The molecular weight excluding hydrogens is 306 g/mol. The summed E-state index contributed by atoms with van der Waals surface area (Å²) in [5.41, 5.74) is 1.65. The number of halogens is 1. The van der Waals surface area contributed by atoms with Crippen LogP contribution in [0.3, 0.4) is 0 Å². The summed E-state index contributed by atoms with van der Waals surface area (Å²) in [5, 5.41) is 20.2. The number of hydrogen-bond donors (Lipinski definition) is 1. The fourth-order valence-corrected chi connectivity index (χ4v) is 2.42. The summed E-state index contributed by atoms with van der Waals surface area (Å²) in [5.74, 6) is 0. The molecule has 1 aromatic carbocycles. The summed E-state index contributed by atoms with van der Waals surface area (Å²) in [6.07, 6.45) is 4.03. The largest absolute Gasteiger partial charge is 0.396 e. The Morgan fingerprint density at radius 1 is 1.36 bits per heavy atom. The third kappa shape index (κ3) is 4.16. The van der Waals surface area contributed by atoms with E-state index in [1.165, 1.54) is 12.1 Å². The van der Waals surface area contributed by atoms with Gasteiger partial charge in [0.25, 0.3) is 5.69 Å². The molecule has 0 radical (unpaired) electrons. The number of rotatable bonds is 7. The Morgan fingerprint density at radius 3 is 2.77 bits per heavy atom. The number of non-ortho nitro benzene ring substituents is 1. The maximum atomic E-state index is 10.8. The summed E-state index contributed by atoms with van der Waals surface area (Å²) < 4.78 is 0. The molecule has 1 N–H and O–H groups in total. The highest BCUT2D eigenvalue weighted by atomic mass is 35.5. The van der Waals surface area contributed by atoms with Gasteiger partial charge in [-0.05, 0) is 24.1 Å². The summed E-state index contributed by atoms with van der Waals surface area (Å²) in [6, 6.07) is 8.19. The van der Waals surface area contributed by atoms with E-state index in [4.69, 9.17) is 16.7 Å². The van der Waals surface area contributed by atoms with Crippen molar-refractivity contribution in [3.63, 3.8) is 0 Å². The van der Waals surface area contributed by atoms with E-state index in [-0.39, 0.29) is 12.3 Å². The Labute approximate surface area is 133 Å². The second kappa shape index (κ2) is 7.72. The molecule has 2 rings (SSSR count). The van der Waals surface area contributed by atoms with Crippen LogP contribution in [0.4, 0.5) is 11.4 Å². The molecule has 0 aliphatic rings. The molecule has 2 aromatic rings. The van der Waals surface area contributed by atoms with E-state index in [1.54, 1.807) is 18.5 Å². The molecule has 0 bridgehead atoms. The van der Waals surface area contributed by atoms with Crippen molar-refractivity contribution in [2.45, 2.75) is 13.0 Å². The number of nitrogens with zero attached hydrogens (tertiary/aromatic N) is 3. The molecule has 0 unspecified atom stereocenters. The Hall–Kier alpha value is -2.18. The van der Waals surface area contributed by atoms with E-state index < -0.39 is 4.92 Å². The predicted molar refractivity (Wildman–Crippen MR) is 85.1 cm³/mol. The normalized spacial score (nSPS) is 10.5. The molecule has 0 aliphatic carbocycles. The van der Waals surface area contributed by atoms with Crippen molar-refractivity contribution in [3.8, 4) is 0 Å². The molecule has 0 amide bonds. The van der Waals surface area contributed by atoms with Gasteiger partial charge >= 0.3 is 0 Å². The monoisotopic (exact) mass is 321 g/mol. The molecule has 1 heterocycles. The Balaban J connectivity index is 2.26. The van der Waals surface area contributed by atoms with Gasteiger partial charge in [-0.15, -0.1) is 0 Å². The second-order valence-electron chi connectivity index (χ2n) is 4.75. The van der Waals surface area contributed by atoms with Crippen LogP contribution in [0.2, 0.25) is 5.02 Å². The van der Waals surface area contributed by atoms with Crippen molar-refractivity contribution >= 4 is 23.0 Å². The van der Waals surface area contributed by atoms with Gasteiger partial charge in [0.05, 0.1) is 15.6 Å². The molecule has 0 saturated heterocycles. The van der Waals surface area contributed by atoms with Crippen LogP contribution in [0.25, 0.3) is 0 Å². The molecular formula is C15H16ClN3O3. The van der Waals surface area contributed by atoms with Crippen molar-refractivity contribution in [1.82, 2.24) is 4.98 Å². The number of nitro groups is 1. The maximum absolute atomic E-state index is 10.8. The average molecular weight is 322 g/mol. The quantitative estimate of drug-likeness (QED) is 0.626. The van der Waals surface area contributed by atoms with Gasteiger partial charge in [0.1, 0.15) is 0 Å². The number of aliphatic hydroxyl groups excluding tert-OH is 1. The lowest BCUT2D eigenvalue weighted by Crippen LogP contribution is -2.25. The van der Waals surface area contributed by atoms with Gasteiger partial charge < -0.3 is 10.0 Å². The topological polar surface area (TPSA) is 79.5 Å². The average Bonchev–Trinajstić information content (AvgIpc) is 2.52. The number of nitro benzene ring substituents is 1. The predicted octanol–water partition coefficient (Wildman–Crippen LogP) is 3.03. The van der Waals surface area contributed by atoms with Gasteiger partial charge in [0.15, 0.2) is 0 Å². The zero-order valence-electron chi connectivity index (χ0n) is 11.9. The summed E-state index contributed by atoms with van der Waals surface area (Å²) >= 11 is 6.19. The lowest BCUT2D eigenvalue weighted by molar-refractivity contribution is -0.384. The van der Waals surface area contributed by atoms with Crippen molar-refractivity contribution < 1.29 is 10.0 Å². The summed E-state index contributed by atoms with van der Waals surface area (Å²) in [6.45, 7) is 1.21. The van der Waals surface area contributed by atoms with Crippen LogP contribution in [-0.2, 0) is 6.54 Å². The van der Waals surface area contributed by atoms with Gasteiger partial charge in [0.2, 0.25) is 0 Å². The van der Waals surface area contributed by atoms with E-state index >= 15 is 0 Å². The van der Waals surface area contributed by atoms with Crippen LogP contribution in [0.15, 0.2) is 42.7 Å². The van der Waals surface area contributed by atoms with Crippen LogP contribution < -0.4 is 4.90 Å². The third-order valence-electron chi connectivity index (χ3n) is 3.17. The SMILES string of the molecule is O=[N+]([O-])c1ccc(N(CCCO)Cc2cccnc2)c(Cl)c1. The molecule has 0 atom stereocenters. The molecule has 6 nitrogen and oxygen atoms in total. The Bertz CT molecular complexity index is 637. The molecule has 0 saturated carbocycles. The van der Waals surface area contributed by atoms with Crippen LogP contribution in [0.1, 0.15) is 12.0 Å².